The monoisotopic (exact) mass is 295 g/mol. The number of rotatable bonds is 0. The molecule has 0 N–H and O–H groups in total. The molecular formula is C18H17NOS. The minimum absolute atomic E-state index is 0.0152. The third-order valence-corrected chi connectivity index (χ3v) is 7.33. The van der Waals surface area contributed by atoms with Gasteiger partial charge >= 0.3 is 0 Å². The number of hydrogen-bond acceptors (Lipinski definition) is 2. The van der Waals surface area contributed by atoms with Crippen molar-refractivity contribution < 1.29 is 4.21 Å². The molecule has 0 saturated carbocycles. The SMILES string of the molecule is C=C1C=C[C@]23CCN(CC4=C2S(=O)c2ccccc24)[C@H]3C1. The summed E-state index contributed by atoms with van der Waals surface area (Å²) in [6.45, 7) is 6.19. The minimum atomic E-state index is -0.984. The zero-order valence-corrected chi connectivity index (χ0v) is 12.7. The molecule has 1 aromatic rings. The largest absolute Gasteiger partial charge is 0.294 e. The normalized spacial score (nSPS) is 39.2. The van der Waals surface area contributed by atoms with Crippen LogP contribution in [0.5, 0.6) is 0 Å². The van der Waals surface area contributed by atoms with Gasteiger partial charge in [0.05, 0.1) is 15.7 Å². The lowest BCUT2D eigenvalue weighted by Crippen LogP contribution is -2.46. The van der Waals surface area contributed by atoms with Gasteiger partial charge in [-0.1, -0.05) is 42.5 Å². The third-order valence-electron chi connectivity index (χ3n) is 5.58. The lowest BCUT2D eigenvalue weighted by atomic mass is 9.70. The molecule has 1 fully saturated rings. The predicted octanol–water partition coefficient (Wildman–Crippen LogP) is 3.11. The first-order chi connectivity index (χ1) is 10.2. The van der Waals surface area contributed by atoms with Crippen LogP contribution in [-0.4, -0.2) is 28.2 Å². The summed E-state index contributed by atoms with van der Waals surface area (Å²) >= 11 is 0. The Hall–Kier alpha value is -1.45. The Bertz CT molecular complexity index is 775. The molecular weight excluding hydrogens is 278 g/mol. The van der Waals surface area contributed by atoms with Gasteiger partial charge in [-0.3, -0.25) is 4.90 Å². The standard InChI is InChI=1S/C18H17NOS/c1-12-6-7-18-8-9-19(16(18)10-12)11-14-13-4-2-3-5-15(13)21(20)17(14)18/h2-7,16H,1,8-11H2/t16-,18+,21?/m0/s1. The number of nitrogens with zero attached hydrogens (tertiary/aromatic N) is 1. The second-order valence-electron chi connectivity index (χ2n) is 6.54. The van der Waals surface area contributed by atoms with Crippen LogP contribution in [0.25, 0.3) is 5.57 Å². The highest BCUT2D eigenvalue weighted by Crippen LogP contribution is 2.59. The van der Waals surface area contributed by atoms with Gasteiger partial charge in [-0.2, -0.15) is 0 Å². The molecule has 3 aliphatic heterocycles. The average molecular weight is 295 g/mol. The van der Waals surface area contributed by atoms with E-state index in [-0.39, 0.29) is 5.41 Å². The molecule has 5 rings (SSSR count). The summed E-state index contributed by atoms with van der Waals surface area (Å²) in [6.07, 6.45) is 6.58. The number of allylic oxidation sites excluding steroid dienone is 1. The van der Waals surface area contributed by atoms with Crippen LogP contribution in [0.1, 0.15) is 18.4 Å². The molecule has 3 heterocycles. The van der Waals surface area contributed by atoms with Crippen molar-refractivity contribution >= 4 is 16.4 Å². The van der Waals surface area contributed by atoms with Gasteiger partial charge < -0.3 is 0 Å². The maximum absolute atomic E-state index is 13.1. The first-order valence-electron chi connectivity index (χ1n) is 7.56. The van der Waals surface area contributed by atoms with Crippen molar-refractivity contribution in [2.45, 2.75) is 23.8 Å². The Morgan fingerprint density at radius 2 is 2.19 bits per heavy atom. The fourth-order valence-corrected chi connectivity index (χ4v) is 6.49. The van der Waals surface area contributed by atoms with E-state index in [1.54, 1.807) is 0 Å². The van der Waals surface area contributed by atoms with Crippen LogP contribution in [0.15, 0.2) is 58.4 Å². The third kappa shape index (κ3) is 1.34. The topological polar surface area (TPSA) is 20.3 Å². The van der Waals surface area contributed by atoms with E-state index in [9.17, 15) is 4.21 Å². The molecule has 2 nitrogen and oxygen atoms in total. The van der Waals surface area contributed by atoms with E-state index in [2.05, 4.69) is 35.8 Å². The van der Waals surface area contributed by atoms with E-state index in [0.717, 1.165) is 30.8 Å². The fourth-order valence-electron chi connectivity index (χ4n) is 4.63. The number of fused-ring (bicyclic) bond motifs is 2. The van der Waals surface area contributed by atoms with Crippen molar-refractivity contribution in [3.63, 3.8) is 0 Å². The molecule has 2 unspecified atom stereocenters. The highest BCUT2D eigenvalue weighted by molar-refractivity contribution is 7.89. The van der Waals surface area contributed by atoms with E-state index in [0.29, 0.717) is 6.04 Å². The zero-order valence-electron chi connectivity index (χ0n) is 11.8. The quantitative estimate of drug-likeness (QED) is 0.733. The zero-order chi connectivity index (χ0) is 14.2. The van der Waals surface area contributed by atoms with Gasteiger partial charge in [0, 0.05) is 29.5 Å². The summed E-state index contributed by atoms with van der Waals surface area (Å²) in [6, 6.07) is 8.70. The average Bonchev–Trinajstić information content (AvgIpc) is 2.93. The van der Waals surface area contributed by atoms with Crippen molar-refractivity contribution in [2.75, 3.05) is 13.1 Å². The Balaban J connectivity index is 1.79. The molecule has 2 bridgehead atoms. The fraction of sp³-hybridized carbons (Fsp3) is 0.333. The number of benzene rings is 1. The van der Waals surface area contributed by atoms with E-state index in [1.165, 1.54) is 21.6 Å². The molecule has 0 amide bonds. The van der Waals surface area contributed by atoms with Crippen LogP contribution in [0, 0.1) is 5.41 Å². The van der Waals surface area contributed by atoms with E-state index < -0.39 is 10.8 Å². The Kier molecular flexibility index (Phi) is 2.22. The molecule has 1 saturated heterocycles. The molecule has 0 radical (unpaired) electrons. The first-order valence-corrected chi connectivity index (χ1v) is 8.71. The molecule has 0 spiro atoms. The highest BCUT2D eigenvalue weighted by Gasteiger charge is 2.56. The Morgan fingerprint density at radius 1 is 1.33 bits per heavy atom. The van der Waals surface area contributed by atoms with Crippen LogP contribution in [0.4, 0.5) is 0 Å². The van der Waals surface area contributed by atoms with Gasteiger partial charge in [-0.05, 0) is 30.0 Å². The van der Waals surface area contributed by atoms with Crippen LogP contribution >= 0.6 is 0 Å². The van der Waals surface area contributed by atoms with Crippen molar-refractivity contribution in [1.29, 1.82) is 0 Å². The first kappa shape index (κ1) is 12.1. The molecule has 4 aliphatic rings. The second kappa shape index (κ2) is 3.84. The van der Waals surface area contributed by atoms with Gasteiger partial charge in [0.1, 0.15) is 0 Å². The highest BCUT2D eigenvalue weighted by atomic mass is 32.2. The summed E-state index contributed by atoms with van der Waals surface area (Å²) in [7, 11) is -0.984. The van der Waals surface area contributed by atoms with Crippen LogP contribution in [-0.2, 0) is 10.8 Å². The maximum Gasteiger partial charge on any atom is 0.0827 e. The molecule has 4 atom stereocenters. The second-order valence-corrected chi connectivity index (χ2v) is 7.93. The predicted molar refractivity (Wildman–Crippen MR) is 85.1 cm³/mol. The smallest absolute Gasteiger partial charge is 0.0827 e. The van der Waals surface area contributed by atoms with Crippen molar-refractivity contribution in [1.82, 2.24) is 4.90 Å². The van der Waals surface area contributed by atoms with Gasteiger partial charge in [-0.25, -0.2) is 4.21 Å². The van der Waals surface area contributed by atoms with Gasteiger partial charge in [-0.15, -0.1) is 0 Å². The lowest BCUT2D eigenvalue weighted by molar-refractivity contribution is 0.217. The summed E-state index contributed by atoms with van der Waals surface area (Å²) in [4.78, 5) is 4.79. The molecule has 0 aromatic heterocycles. The van der Waals surface area contributed by atoms with Crippen LogP contribution in [0.3, 0.4) is 0 Å². The maximum atomic E-state index is 13.1. The van der Waals surface area contributed by atoms with E-state index in [1.807, 2.05) is 12.1 Å². The lowest BCUT2D eigenvalue weighted by Gasteiger charge is -2.43. The minimum Gasteiger partial charge on any atom is -0.294 e. The molecule has 21 heavy (non-hydrogen) atoms. The van der Waals surface area contributed by atoms with Crippen molar-refractivity contribution in [3.05, 3.63) is 59.0 Å². The molecule has 1 aromatic carbocycles. The van der Waals surface area contributed by atoms with Gasteiger partial charge in [0.15, 0.2) is 0 Å². The van der Waals surface area contributed by atoms with Crippen molar-refractivity contribution in [2.24, 2.45) is 5.41 Å². The van der Waals surface area contributed by atoms with E-state index in [4.69, 9.17) is 0 Å². The summed E-state index contributed by atoms with van der Waals surface area (Å²) in [5.74, 6) is 0. The summed E-state index contributed by atoms with van der Waals surface area (Å²) < 4.78 is 13.1. The number of hydrogen-bond donors (Lipinski definition) is 0. The Labute approximate surface area is 127 Å². The van der Waals surface area contributed by atoms with E-state index >= 15 is 0 Å². The molecule has 106 valence electrons. The van der Waals surface area contributed by atoms with Gasteiger partial charge in [0.25, 0.3) is 0 Å². The van der Waals surface area contributed by atoms with Gasteiger partial charge in [0.2, 0.25) is 0 Å². The van der Waals surface area contributed by atoms with Crippen LogP contribution < -0.4 is 0 Å². The van der Waals surface area contributed by atoms with Crippen LogP contribution in [0.2, 0.25) is 0 Å². The molecule has 3 heteroatoms. The summed E-state index contributed by atoms with van der Waals surface area (Å²) in [5, 5.41) is 0. The Morgan fingerprint density at radius 3 is 3.10 bits per heavy atom. The summed E-state index contributed by atoms with van der Waals surface area (Å²) in [5.41, 5.74) is 3.73. The molecule has 1 aliphatic carbocycles. The van der Waals surface area contributed by atoms with Crippen molar-refractivity contribution in [3.8, 4) is 0 Å².